The molecule has 0 fully saturated rings. The quantitative estimate of drug-likeness (QED) is 0.304. The highest BCUT2D eigenvalue weighted by atomic mass is 35.5. The highest BCUT2D eigenvalue weighted by molar-refractivity contribution is 8.00. The molecule has 0 aliphatic carbocycles. The van der Waals surface area contributed by atoms with Gasteiger partial charge in [-0.05, 0) is 43.3 Å². The summed E-state index contributed by atoms with van der Waals surface area (Å²) in [6.45, 7) is 2.38. The number of nitrogens with one attached hydrogen (secondary N) is 1. The van der Waals surface area contributed by atoms with Crippen LogP contribution in [0.1, 0.15) is 6.92 Å². The summed E-state index contributed by atoms with van der Waals surface area (Å²) in [4.78, 5) is 24.2. The van der Waals surface area contributed by atoms with Crippen molar-refractivity contribution in [3.63, 3.8) is 0 Å². The van der Waals surface area contributed by atoms with E-state index in [4.69, 9.17) is 11.6 Å². The molecular formula is C17H17ClN2O3S2. The fourth-order valence-corrected chi connectivity index (χ4v) is 3.71. The van der Waals surface area contributed by atoms with Crippen molar-refractivity contribution < 1.29 is 9.72 Å². The number of carbonyl (C=O) groups excluding carboxylic acids is 1. The summed E-state index contributed by atoms with van der Waals surface area (Å²) in [5.74, 6) is 0.711. The number of carbonyl (C=O) groups is 1. The number of nitro groups is 1. The number of hydrogen-bond donors (Lipinski definition) is 1. The molecule has 0 unspecified atom stereocenters. The lowest BCUT2D eigenvalue weighted by Gasteiger charge is -2.12. The SMILES string of the molecule is C[C@H](Sc1ccc([N+](=O)[O-])cc1)C(=O)NCCSc1ccc(Cl)cc1. The van der Waals surface area contributed by atoms with E-state index in [1.54, 1.807) is 23.9 Å². The van der Waals surface area contributed by atoms with Gasteiger partial charge in [0.2, 0.25) is 5.91 Å². The summed E-state index contributed by atoms with van der Waals surface area (Å²) >= 11 is 8.86. The number of nitro benzene ring substituents is 1. The van der Waals surface area contributed by atoms with Crippen LogP contribution in [0.5, 0.6) is 0 Å². The third-order valence-corrected chi connectivity index (χ3v) is 5.59. The van der Waals surface area contributed by atoms with E-state index in [0.717, 1.165) is 15.5 Å². The van der Waals surface area contributed by atoms with Gasteiger partial charge in [-0.2, -0.15) is 0 Å². The topological polar surface area (TPSA) is 72.2 Å². The maximum Gasteiger partial charge on any atom is 0.269 e. The standard InChI is InChI=1S/C17H17ClN2O3S2/c1-12(25-16-8-4-14(5-9-16)20(22)23)17(21)19-10-11-24-15-6-2-13(18)3-7-15/h2-9,12H,10-11H2,1H3,(H,19,21)/t12-/m0/s1. The molecule has 5 nitrogen and oxygen atoms in total. The van der Waals surface area contributed by atoms with Crippen molar-refractivity contribution in [3.8, 4) is 0 Å². The lowest BCUT2D eigenvalue weighted by molar-refractivity contribution is -0.384. The molecule has 0 aliphatic rings. The van der Waals surface area contributed by atoms with E-state index in [0.29, 0.717) is 11.6 Å². The molecule has 25 heavy (non-hydrogen) atoms. The Morgan fingerprint density at radius 2 is 1.76 bits per heavy atom. The van der Waals surface area contributed by atoms with Gasteiger partial charge >= 0.3 is 0 Å². The third kappa shape index (κ3) is 6.61. The van der Waals surface area contributed by atoms with Crippen LogP contribution in [-0.2, 0) is 4.79 Å². The fourth-order valence-electron chi connectivity index (χ4n) is 1.92. The van der Waals surface area contributed by atoms with E-state index in [9.17, 15) is 14.9 Å². The molecule has 0 saturated heterocycles. The number of halogens is 1. The van der Waals surface area contributed by atoms with Crippen molar-refractivity contribution in [2.24, 2.45) is 0 Å². The summed E-state index contributed by atoms with van der Waals surface area (Å²) in [6, 6.07) is 13.8. The Kier molecular flexibility index (Phi) is 7.61. The van der Waals surface area contributed by atoms with E-state index in [2.05, 4.69) is 5.32 Å². The van der Waals surface area contributed by atoms with Gasteiger partial charge in [0.25, 0.3) is 5.69 Å². The predicted octanol–water partition coefficient (Wildman–Crippen LogP) is 4.64. The Hall–Kier alpha value is -1.70. The number of thioether (sulfide) groups is 2. The normalized spacial score (nSPS) is 11.8. The summed E-state index contributed by atoms with van der Waals surface area (Å²) in [5, 5.41) is 14.0. The summed E-state index contributed by atoms with van der Waals surface area (Å²) < 4.78 is 0. The van der Waals surface area contributed by atoms with Crippen molar-refractivity contribution >= 4 is 46.7 Å². The molecule has 0 aliphatic heterocycles. The zero-order valence-corrected chi connectivity index (χ0v) is 15.9. The van der Waals surface area contributed by atoms with Crippen LogP contribution in [0.2, 0.25) is 5.02 Å². The predicted molar refractivity (Wildman–Crippen MR) is 104 cm³/mol. The molecule has 2 rings (SSSR count). The zero-order valence-electron chi connectivity index (χ0n) is 13.5. The molecule has 0 radical (unpaired) electrons. The molecule has 0 spiro atoms. The molecule has 2 aromatic rings. The van der Waals surface area contributed by atoms with Gasteiger partial charge in [-0.1, -0.05) is 11.6 Å². The van der Waals surface area contributed by atoms with E-state index in [-0.39, 0.29) is 16.8 Å². The Bertz CT molecular complexity index is 724. The maximum atomic E-state index is 12.1. The molecule has 0 bridgehead atoms. The Labute approximate surface area is 159 Å². The summed E-state index contributed by atoms with van der Waals surface area (Å²) in [5.41, 5.74) is 0.0423. The second-order valence-electron chi connectivity index (χ2n) is 5.10. The number of amides is 1. The second-order valence-corrected chi connectivity index (χ2v) is 8.12. The third-order valence-electron chi connectivity index (χ3n) is 3.21. The molecular weight excluding hydrogens is 380 g/mol. The molecule has 0 heterocycles. The second kappa shape index (κ2) is 9.70. The van der Waals surface area contributed by atoms with Crippen LogP contribution in [0.4, 0.5) is 5.69 Å². The first-order valence-electron chi connectivity index (χ1n) is 7.53. The van der Waals surface area contributed by atoms with E-state index in [1.165, 1.54) is 23.9 Å². The van der Waals surface area contributed by atoms with Gasteiger partial charge in [0.1, 0.15) is 0 Å². The average molecular weight is 397 g/mol. The minimum Gasteiger partial charge on any atom is -0.354 e. The van der Waals surface area contributed by atoms with Crippen LogP contribution in [-0.4, -0.2) is 28.4 Å². The summed E-state index contributed by atoms with van der Waals surface area (Å²) in [6.07, 6.45) is 0. The minimum atomic E-state index is -0.442. The van der Waals surface area contributed by atoms with Crippen LogP contribution in [0, 0.1) is 10.1 Å². The van der Waals surface area contributed by atoms with Crippen LogP contribution in [0.25, 0.3) is 0 Å². The van der Waals surface area contributed by atoms with Crippen LogP contribution in [0.15, 0.2) is 58.3 Å². The first-order chi connectivity index (χ1) is 12.0. The van der Waals surface area contributed by atoms with Crippen LogP contribution >= 0.6 is 35.1 Å². The molecule has 132 valence electrons. The largest absolute Gasteiger partial charge is 0.354 e. The summed E-state index contributed by atoms with van der Waals surface area (Å²) in [7, 11) is 0. The smallest absolute Gasteiger partial charge is 0.269 e. The molecule has 8 heteroatoms. The number of benzene rings is 2. The Morgan fingerprint density at radius 1 is 1.16 bits per heavy atom. The first-order valence-corrected chi connectivity index (χ1v) is 9.77. The molecule has 2 aromatic carbocycles. The van der Waals surface area contributed by atoms with Gasteiger partial charge in [0.05, 0.1) is 10.2 Å². The van der Waals surface area contributed by atoms with Crippen molar-refractivity contribution in [1.82, 2.24) is 5.32 Å². The molecule has 1 atom stereocenters. The highest BCUT2D eigenvalue weighted by Crippen LogP contribution is 2.25. The van der Waals surface area contributed by atoms with Gasteiger partial charge in [0, 0.05) is 39.2 Å². The minimum absolute atomic E-state index is 0.0423. The van der Waals surface area contributed by atoms with Gasteiger partial charge in [0.15, 0.2) is 0 Å². The van der Waals surface area contributed by atoms with Crippen molar-refractivity contribution in [3.05, 3.63) is 63.7 Å². The first kappa shape index (κ1) is 19.6. The van der Waals surface area contributed by atoms with Gasteiger partial charge in [-0.15, -0.1) is 23.5 Å². The lowest BCUT2D eigenvalue weighted by atomic mass is 10.3. The fraction of sp³-hybridized carbons (Fsp3) is 0.235. The number of rotatable bonds is 8. The van der Waals surface area contributed by atoms with E-state index < -0.39 is 4.92 Å². The van der Waals surface area contributed by atoms with Crippen molar-refractivity contribution in [1.29, 1.82) is 0 Å². The Morgan fingerprint density at radius 3 is 2.36 bits per heavy atom. The number of non-ortho nitro benzene ring substituents is 1. The monoisotopic (exact) mass is 396 g/mol. The van der Waals surface area contributed by atoms with Gasteiger partial charge < -0.3 is 5.32 Å². The van der Waals surface area contributed by atoms with Gasteiger partial charge in [-0.25, -0.2) is 0 Å². The Balaban J connectivity index is 1.72. The molecule has 1 N–H and O–H groups in total. The van der Waals surface area contributed by atoms with E-state index in [1.807, 2.05) is 31.2 Å². The molecule has 1 amide bonds. The van der Waals surface area contributed by atoms with Crippen LogP contribution in [0.3, 0.4) is 0 Å². The average Bonchev–Trinajstić information content (AvgIpc) is 2.60. The molecule has 0 saturated carbocycles. The number of nitrogens with zero attached hydrogens (tertiary/aromatic N) is 1. The van der Waals surface area contributed by atoms with E-state index >= 15 is 0 Å². The lowest BCUT2D eigenvalue weighted by Crippen LogP contribution is -2.32. The molecule has 0 aromatic heterocycles. The van der Waals surface area contributed by atoms with Crippen molar-refractivity contribution in [2.45, 2.75) is 22.0 Å². The highest BCUT2D eigenvalue weighted by Gasteiger charge is 2.14. The maximum absolute atomic E-state index is 12.1. The number of hydrogen-bond acceptors (Lipinski definition) is 5. The van der Waals surface area contributed by atoms with Crippen LogP contribution < -0.4 is 5.32 Å². The zero-order chi connectivity index (χ0) is 18.2. The van der Waals surface area contributed by atoms with Crippen molar-refractivity contribution in [2.75, 3.05) is 12.3 Å². The van der Waals surface area contributed by atoms with Gasteiger partial charge in [-0.3, -0.25) is 14.9 Å².